The van der Waals surface area contributed by atoms with Gasteiger partial charge in [-0.2, -0.15) is 0 Å². The van der Waals surface area contributed by atoms with E-state index in [1.165, 1.54) is 40.3 Å². The SMILES string of the molecule is CCc1ccccc1-n1c(C)cc([C@@H]2[C@@H](c3ccccn3)NC(=S)N2c2ccc(Sc3ccc([N+](=O)[O-])cc3)cc2)c1C. The first-order valence-corrected chi connectivity index (χ1v) is 15.4. The lowest BCUT2D eigenvalue weighted by Gasteiger charge is -2.28. The molecule has 0 aliphatic carbocycles. The number of pyridine rings is 1. The Bertz CT molecular complexity index is 1790. The van der Waals surface area contributed by atoms with E-state index in [-0.39, 0.29) is 22.7 Å². The van der Waals surface area contributed by atoms with Gasteiger partial charge >= 0.3 is 0 Å². The fraction of sp³-hybridized carbons (Fsp3) is 0.176. The number of benzene rings is 3. The molecule has 3 aromatic carbocycles. The number of aryl methyl sites for hydroxylation is 2. The number of thiocarbonyl (C=S) groups is 1. The van der Waals surface area contributed by atoms with Crippen LogP contribution in [0.25, 0.3) is 5.69 Å². The summed E-state index contributed by atoms with van der Waals surface area (Å²) in [4.78, 5) is 19.5. The fourth-order valence-corrected chi connectivity index (χ4v) is 7.04. The number of nitrogens with zero attached hydrogens (tertiary/aromatic N) is 4. The Morgan fingerprint density at radius 3 is 2.28 bits per heavy atom. The number of nitro groups is 1. The van der Waals surface area contributed by atoms with Crippen molar-refractivity contribution in [2.24, 2.45) is 0 Å². The summed E-state index contributed by atoms with van der Waals surface area (Å²) in [7, 11) is 0. The van der Waals surface area contributed by atoms with Crippen molar-refractivity contribution < 1.29 is 4.92 Å². The minimum Gasteiger partial charge on any atom is -0.351 e. The Balaban J connectivity index is 1.38. The molecule has 3 heterocycles. The van der Waals surface area contributed by atoms with Gasteiger partial charge in [-0.15, -0.1) is 0 Å². The number of non-ortho nitro benzene ring substituents is 1. The van der Waals surface area contributed by atoms with Gasteiger partial charge in [-0.05, 0) is 104 Å². The highest BCUT2D eigenvalue weighted by Crippen LogP contribution is 2.44. The van der Waals surface area contributed by atoms with Crippen LogP contribution >= 0.6 is 24.0 Å². The zero-order valence-electron chi connectivity index (χ0n) is 24.1. The maximum atomic E-state index is 11.0. The molecule has 6 rings (SSSR count). The predicted octanol–water partition coefficient (Wildman–Crippen LogP) is 8.29. The highest BCUT2D eigenvalue weighted by Gasteiger charge is 2.42. The van der Waals surface area contributed by atoms with E-state index >= 15 is 0 Å². The molecule has 7 nitrogen and oxygen atoms in total. The van der Waals surface area contributed by atoms with Crippen LogP contribution < -0.4 is 10.2 Å². The number of aromatic nitrogens is 2. The Labute approximate surface area is 260 Å². The van der Waals surface area contributed by atoms with E-state index in [1.54, 1.807) is 23.9 Å². The number of anilines is 1. The highest BCUT2D eigenvalue weighted by atomic mass is 32.2. The summed E-state index contributed by atoms with van der Waals surface area (Å²) in [6.45, 7) is 6.54. The molecular formula is C34H31N5O2S2. The van der Waals surface area contributed by atoms with Crippen molar-refractivity contribution in [3.63, 3.8) is 0 Å². The summed E-state index contributed by atoms with van der Waals surface area (Å²) in [5.41, 5.74) is 8.03. The third-order valence-electron chi connectivity index (χ3n) is 7.90. The molecule has 0 unspecified atom stereocenters. The Hall–Kier alpha value is -4.47. The number of hydrogen-bond donors (Lipinski definition) is 1. The normalized spacial score (nSPS) is 16.3. The Kier molecular flexibility index (Phi) is 8.01. The minimum absolute atomic E-state index is 0.0841. The summed E-state index contributed by atoms with van der Waals surface area (Å²) in [6.07, 6.45) is 2.77. The molecule has 9 heteroatoms. The van der Waals surface area contributed by atoms with Crippen LogP contribution in [0.5, 0.6) is 0 Å². The molecule has 5 aromatic rings. The maximum Gasteiger partial charge on any atom is 0.269 e. The Morgan fingerprint density at radius 2 is 1.63 bits per heavy atom. The summed E-state index contributed by atoms with van der Waals surface area (Å²) in [6, 6.07) is 31.5. The van der Waals surface area contributed by atoms with E-state index in [0.29, 0.717) is 5.11 Å². The van der Waals surface area contributed by atoms with E-state index < -0.39 is 0 Å². The van der Waals surface area contributed by atoms with Crippen LogP contribution in [0.3, 0.4) is 0 Å². The quantitative estimate of drug-likeness (QED) is 0.108. The number of nitro benzene ring substituents is 1. The van der Waals surface area contributed by atoms with Crippen molar-refractivity contribution in [3.05, 3.63) is 142 Å². The average molecular weight is 606 g/mol. The fourth-order valence-electron chi connectivity index (χ4n) is 5.88. The number of nitrogens with one attached hydrogen (secondary N) is 1. The van der Waals surface area contributed by atoms with Gasteiger partial charge in [-0.3, -0.25) is 15.1 Å². The van der Waals surface area contributed by atoms with Gasteiger partial charge < -0.3 is 14.8 Å². The molecule has 0 saturated carbocycles. The maximum absolute atomic E-state index is 11.0. The van der Waals surface area contributed by atoms with Crippen molar-refractivity contribution >= 4 is 40.5 Å². The van der Waals surface area contributed by atoms with Gasteiger partial charge in [-0.25, -0.2) is 0 Å². The number of para-hydroxylation sites is 1. The second kappa shape index (κ2) is 12.0. The van der Waals surface area contributed by atoms with Crippen LogP contribution in [0.2, 0.25) is 0 Å². The summed E-state index contributed by atoms with van der Waals surface area (Å²) >= 11 is 7.54. The summed E-state index contributed by atoms with van der Waals surface area (Å²) < 4.78 is 2.35. The van der Waals surface area contributed by atoms with Crippen molar-refractivity contribution in [2.45, 2.75) is 49.1 Å². The highest BCUT2D eigenvalue weighted by molar-refractivity contribution is 7.99. The van der Waals surface area contributed by atoms with E-state index in [2.05, 4.69) is 90.2 Å². The molecule has 1 fully saturated rings. The third-order valence-corrected chi connectivity index (χ3v) is 9.23. The zero-order chi connectivity index (χ0) is 30.1. The van der Waals surface area contributed by atoms with Crippen LogP contribution in [0.15, 0.2) is 113 Å². The number of hydrogen-bond acceptors (Lipinski definition) is 5. The van der Waals surface area contributed by atoms with Crippen LogP contribution in [0.4, 0.5) is 11.4 Å². The monoisotopic (exact) mass is 605 g/mol. The first-order valence-electron chi connectivity index (χ1n) is 14.2. The van der Waals surface area contributed by atoms with Crippen LogP contribution in [0, 0.1) is 24.0 Å². The lowest BCUT2D eigenvalue weighted by Crippen LogP contribution is -2.29. The third kappa shape index (κ3) is 5.53. The second-order valence-corrected chi connectivity index (χ2v) is 12.0. The molecule has 0 bridgehead atoms. The van der Waals surface area contributed by atoms with Crippen molar-refractivity contribution in [2.75, 3.05) is 4.90 Å². The van der Waals surface area contributed by atoms with Gasteiger partial charge in [0.2, 0.25) is 0 Å². The minimum atomic E-state index is -0.384. The number of rotatable bonds is 8. The van der Waals surface area contributed by atoms with Crippen molar-refractivity contribution in [1.29, 1.82) is 0 Å². The average Bonchev–Trinajstić information content (AvgIpc) is 3.52. The molecule has 0 amide bonds. The Morgan fingerprint density at radius 1 is 0.953 bits per heavy atom. The summed E-state index contributed by atoms with van der Waals surface area (Å²) in [5, 5.41) is 15.2. The van der Waals surface area contributed by atoms with Gasteiger partial charge in [0.15, 0.2) is 5.11 Å². The molecule has 216 valence electrons. The molecule has 0 radical (unpaired) electrons. The lowest BCUT2D eigenvalue weighted by atomic mass is 9.96. The standard InChI is InChI=1S/C34H31N5O2S2/c1-4-24-9-5-6-11-31(24)37-22(2)21-29(23(37)3)33-32(30-10-7-8-20-35-30)36-34(42)38(33)25-12-16-27(17-13-25)43-28-18-14-26(15-19-28)39(40)41/h5-21,32-33H,4H2,1-3H3,(H,36,42)/t32-,33-/m1/s1. The zero-order valence-corrected chi connectivity index (χ0v) is 25.7. The summed E-state index contributed by atoms with van der Waals surface area (Å²) in [5.74, 6) is 0. The van der Waals surface area contributed by atoms with Gasteiger partial charge in [0, 0.05) is 50.9 Å². The first kappa shape index (κ1) is 28.6. The largest absolute Gasteiger partial charge is 0.351 e. The first-order chi connectivity index (χ1) is 20.9. The second-order valence-electron chi connectivity index (χ2n) is 10.5. The molecule has 2 atom stereocenters. The molecule has 43 heavy (non-hydrogen) atoms. The van der Waals surface area contributed by atoms with Crippen molar-refractivity contribution in [3.8, 4) is 5.69 Å². The van der Waals surface area contributed by atoms with Gasteiger partial charge in [0.25, 0.3) is 5.69 Å². The van der Waals surface area contributed by atoms with Crippen molar-refractivity contribution in [1.82, 2.24) is 14.9 Å². The van der Waals surface area contributed by atoms with E-state index in [4.69, 9.17) is 17.2 Å². The van der Waals surface area contributed by atoms with Gasteiger partial charge in [0.05, 0.1) is 22.7 Å². The van der Waals surface area contributed by atoms with Gasteiger partial charge in [-0.1, -0.05) is 43.0 Å². The smallest absolute Gasteiger partial charge is 0.269 e. The van der Waals surface area contributed by atoms with E-state index in [1.807, 2.05) is 24.4 Å². The molecule has 1 N–H and O–H groups in total. The van der Waals surface area contributed by atoms with E-state index in [9.17, 15) is 10.1 Å². The molecule has 0 spiro atoms. The lowest BCUT2D eigenvalue weighted by molar-refractivity contribution is -0.384. The van der Waals surface area contributed by atoms with Crippen LogP contribution in [0.1, 0.15) is 47.2 Å². The topological polar surface area (TPSA) is 76.2 Å². The predicted molar refractivity (Wildman–Crippen MR) is 176 cm³/mol. The van der Waals surface area contributed by atoms with Crippen LogP contribution in [-0.4, -0.2) is 19.6 Å². The molecular weight excluding hydrogens is 575 g/mol. The van der Waals surface area contributed by atoms with E-state index in [0.717, 1.165) is 27.6 Å². The molecule has 2 aromatic heterocycles. The molecule has 1 aliphatic rings. The van der Waals surface area contributed by atoms with Gasteiger partial charge in [0.1, 0.15) is 0 Å². The molecule has 1 aliphatic heterocycles. The van der Waals surface area contributed by atoms with Crippen LogP contribution in [-0.2, 0) is 6.42 Å². The molecule has 1 saturated heterocycles.